The summed E-state index contributed by atoms with van der Waals surface area (Å²) in [6, 6.07) is 4.50. The van der Waals surface area contributed by atoms with E-state index in [4.69, 9.17) is 5.11 Å². The Balaban J connectivity index is 2.00. The molecule has 0 radical (unpaired) electrons. The third-order valence-electron chi connectivity index (χ3n) is 3.69. The minimum Gasteiger partial charge on any atom is -0.481 e. The first-order valence-corrected chi connectivity index (χ1v) is 7.19. The number of halogens is 1. The van der Waals surface area contributed by atoms with Gasteiger partial charge in [0.2, 0.25) is 0 Å². The molecule has 20 heavy (non-hydrogen) atoms. The molecule has 1 aromatic carbocycles. The number of nitro benzene ring substituents is 1. The smallest absolute Gasteiger partial charge is 0.306 e. The van der Waals surface area contributed by atoms with Crippen LogP contribution in [-0.4, -0.2) is 22.5 Å². The van der Waals surface area contributed by atoms with Crippen molar-refractivity contribution in [3.8, 4) is 0 Å². The molecule has 2 rings (SSSR count). The Morgan fingerprint density at radius 2 is 2.25 bits per heavy atom. The van der Waals surface area contributed by atoms with Gasteiger partial charge >= 0.3 is 5.97 Å². The van der Waals surface area contributed by atoms with Crippen molar-refractivity contribution in [2.45, 2.75) is 19.3 Å². The molecule has 1 saturated carbocycles. The number of carboxylic acids is 1. The fourth-order valence-corrected chi connectivity index (χ4v) is 3.12. The first-order valence-electron chi connectivity index (χ1n) is 6.39. The van der Waals surface area contributed by atoms with E-state index in [1.165, 1.54) is 12.1 Å². The van der Waals surface area contributed by atoms with Crippen LogP contribution in [0.25, 0.3) is 0 Å². The highest BCUT2D eigenvalue weighted by Crippen LogP contribution is 2.33. The number of carboxylic acid groups (broad SMARTS) is 1. The largest absolute Gasteiger partial charge is 0.481 e. The average molecular weight is 343 g/mol. The van der Waals surface area contributed by atoms with E-state index in [0.717, 1.165) is 24.9 Å². The van der Waals surface area contributed by atoms with E-state index in [1.807, 2.05) is 0 Å². The van der Waals surface area contributed by atoms with Crippen molar-refractivity contribution in [1.82, 2.24) is 0 Å². The van der Waals surface area contributed by atoms with Gasteiger partial charge in [0.05, 0.1) is 10.8 Å². The SMILES string of the molecule is O=C(O)C1CCCC1CNc1ccc([N+](=O)[O-])cc1Br. The second kappa shape index (κ2) is 6.21. The zero-order valence-electron chi connectivity index (χ0n) is 10.7. The molecule has 2 N–H and O–H groups in total. The summed E-state index contributed by atoms with van der Waals surface area (Å²) in [5.74, 6) is -0.925. The molecule has 1 aliphatic rings. The van der Waals surface area contributed by atoms with Crippen molar-refractivity contribution in [2.24, 2.45) is 11.8 Å². The number of carbonyl (C=O) groups is 1. The van der Waals surface area contributed by atoms with Crippen LogP contribution < -0.4 is 5.32 Å². The fraction of sp³-hybridized carbons (Fsp3) is 0.462. The van der Waals surface area contributed by atoms with Gasteiger partial charge in [-0.15, -0.1) is 0 Å². The van der Waals surface area contributed by atoms with E-state index in [-0.39, 0.29) is 17.5 Å². The molecule has 0 saturated heterocycles. The number of nitro groups is 1. The van der Waals surface area contributed by atoms with Crippen LogP contribution in [0.2, 0.25) is 0 Å². The van der Waals surface area contributed by atoms with Gasteiger partial charge in [-0.05, 0) is 40.8 Å². The molecule has 0 spiro atoms. The number of hydrogen-bond acceptors (Lipinski definition) is 4. The number of non-ortho nitro benzene ring substituents is 1. The van der Waals surface area contributed by atoms with Gasteiger partial charge in [0.15, 0.2) is 0 Å². The highest BCUT2D eigenvalue weighted by Gasteiger charge is 2.32. The lowest BCUT2D eigenvalue weighted by Crippen LogP contribution is -2.24. The van der Waals surface area contributed by atoms with Crippen LogP contribution in [0.5, 0.6) is 0 Å². The lowest BCUT2D eigenvalue weighted by atomic mass is 9.96. The van der Waals surface area contributed by atoms with Gasteiger partial charge in [-0.2, -0.15) is 0 Å². The van der Waals surface area contributed by atoms with Gasteiger partial charge in [-0.1, -0.05) is 6.42 Å². The highest BCUT2D eigenvalue weighted by atomic mass is 79.9. The van der Waals surface area contributed by atoms with Gasteiger partial charge in [-0.3, -0.25) is 14.9 Å². The predicted octanol–water partition coefficient (Wildman–Crippen LogP) is 3.27. The Kier molecular flexibility index (Phi) is 4.59. The molecule has 2 atom stereocenters. The van der Waals surface area contributed by atoms with E-state index >= 15 is 0 Å². The van der Waals surface area contributed by atoms with E-state index in [0.29, 0.717) is 11.0 Å². The molecule has 1 fully saturated rings. The molecule has 1 aromatic rings. The number of nitrogens with zero attached hydrogens (tertiary/aromatic N) is 1. The van der Waals surface area contributed by atoms with Crippen molar-refractivity contribution >= 4 is 33.3 Å². The molecule has 7 heteroatoms. The van der Waals surface area contributed by atoms with Gasteiger partial charge in [0, 0.05) is 28.8 Å². The van der Waals surface area contributed by atoms with Crippen molar-refractivity contribution in [3.05, 3.63) is 32.8 Å². The van der Waals surface area contributed by atoms with E-state index in [1.54, 1.807) is 6.07 Å². The molecule has 0 heterocycles. The van der Waals surface area contributed by atoms with Gasteiger partial charge in [-0.25, -0.2) is 0 Å². The number of anilines is 1. The maximum Gasteiger partial charge on any atom is 0.306 e. The van der Waals surface area contributed by atoms with Crippen molar-refractivity contribution < 1.29 is 14.8 Å². The summed E-state index contributed by atoms with van der Waals surface area (Å²) in [5.41, 5.74) is 0.762. The molecule has 1 aliphatic carbocycles. The predicted molar refractivity (Wildman–Crippen MR) is 77.8 cm³/mol. The van der Waals surface area contributed by atoms with Crippen molar-refractivity contribution in [2.75, 3.05) is 11.9 Å². The number of nitrogens with one attached hydrogen (secondary N) is 1. The fourth-order valence-electron chi connectivity index (χ4n) is 2.61. The lowest BCUT2D eigenvalue weighted by Gasteiger charge is -2.17. The monoisotopic (exact) mass is 342 g/mol. The Hall–Kier alpha value is -1.63. The summed E-state index contributed by atoms with van der Waals surface area (Å²) >= 11 is 3.29. The highest BCUT2D eigenvalue weighted by molar-refractivity contribution is 9.10. The van der Waals surface area contributed by atoms with Gasteiger partial charge < -0.3 is 10.4 Å². The third kappa shape index (κ3) is 3.27. The standard InChI is InChI=1S/C13H15BrN2O4/c14-11-6-9(16(19)20)4-5-12(11)15-7-8-2-1-3-10(8)13(17)18/h4-6,8,10,15H,1-3,7H2,(H,17,18). The van der Waals surface area contributed by atoms with Crippen LogP contribution in [0.4, 0.5) is 11.4 Å². The summed E-state index contributed by atoms with van der Waals surface area (Å²) in [6.07, 6.45) is 2.56. The number of rotatable bonds is 5. The van der Waals surface area contributed by atoms with E-state index < -0.39 is 10.9 Å². The normalized spacial score (nSPS) is 21.6. The molecule has 0 aliphatic heterocycles. The summed E-state index contributed by atoms with van der Waals surface area (Å²) in [4.78, 5) is 21.3. The first-order chi connectivity index (χ1) is 9.49. The van der Waals surface area contributed by atoms with Crippen LogP contribution in [0, 0.1) is 22.0 Å². The topological polar surface area (TPSA) is 92.5 Å². The first kappa shape index (κ1) is 14.8. The second-order valence-electron chi connectivity index (χ2n) is 4.94. The third-order valence-corrected chi connectivity index (χ3v) is 4.35. The van der Waals surface area contributed by atoms with Gasteiger partial charge in [0.25, 0.3) is 5.69 Å². The Morgan fingerprint density at radius 3 is 2.85 bits per heavy atom. The molecule has 2 unspecified atom stereocenters. The zero-order chi connectivity index (χ0) is 14.7. The van der Waals surface area contributed by atoms with Crippen LogP contribution in [-0.2, 0) is 4.79 Å². The molecule has 0 bridgehead atoms. The van der Waals surface area contributed by atoms with Crippen LogP contribution in [0.15, 0.2) is 22.7 Å². The van der Waals surface area contributed by atoms with Crippen LogP contribution in [0.1, 0.15) is 19.3 Å². The van der Waals surface area contributed by atoms with E-state index in [2.05, 4.69) is 21.2 Å². The summed E-state index contributed by atoms with van der Waals surface area (Å²) in [5, 5.41) is 22.9. The maximum absolute atomic E-state index is 11.1. The molecule has 108 valence electrons. The Morgan fingerprint density at radius 1 is 1.50 bits per heavy atom. The molecular formula is C13H15BrN2O4. The minimum absolute atomic E-state index is 0.0201. The zero-order valence-corrected chi connectivity index (χ0v) is 12.3. The van der Waals surface area contributed by atoms with Crippen LogP contribution in [0.3, 0.4) is 0 Å². The van der Waals surface area contributed by atoms with Crippen molar-refractivity contribution in [1.29, 1.82) is 0 Å². The Bertz CT molecular complexity index is 535. The van der Waals surface area contributed by atoms with E-state index in [9.17, 15) is 14.9 Å². The molecule has 0 aromatic heterocycles. The number of aliphatic carboxylic acids is 1. The number of hydrogen-bond donors (Lipinski definition) is 2. The molecule has 0 amide bonds. The lowest BCUT2D eigenvalue weighted by molar-refractivity contribution is -0.384. The van der Waals surface area contributed by atoms with Crippen LogP contribution >= 0.6 is 15.9 Å². The van der Waals surface area contributed by atoms with Crippen molar-refractivity contribution in [3.63, 3.8) is 0 Å². The summed E-state index contributed by atoms with van der Waals surface area (Å²) in [7, 11) is 0. The second-order valence-corrected chi connectivity index (χ2v) is 5.79. The number of benzene rings is 1. The maximum atomic E-state index is 11.1. The minimum atomic E-state index is -0.739. The van der Waals surface area contributed by atoms with Gasteiger partial charge in [0.1, 0.15) is 0 Å². The summed E-state index contributed by atoms with van der Waals surface area (Å²) < 4.78 is 0.608. The summed E-state index contributed by atoms with van der Waals surface area (Å²) in [6.45, 7) is 0.563. The average Bonchev–Trinajstić information content (AvgIpc) is 2.85. The molecular weight excluding hydrogens is 328 g/mol. The molecule has 6 nitrogen and oxygen atoms in total. The Labute approximate surface area is 124 Å². The quantitative estimate of drug-likeness (QED) is 0.632.